The molecule has 2 rings (SSSR count). The van der Waals surface area contributed by atoms with Gasteiger partial charge in [0.2, 0.25) is 0 Å². The van der Waals surface area contributed by atoms with Crippen LogP contribution in [-0.4, -0.2) is 36.1 Å². The van der Waals surface area contributed by atoms with E-state index in [1.165, 1.54) is 4.88 Å². The van der Waals surface area contributed by atoms with Gasteiger partial charge >= 0.3 is 0 Å². The summed E-state index contributed by atoms with van der Waals surface area (Å²) in [7, 11) is 1.69. The molecule has 7 heteroatoms. The van der Waals surface area contributed by atoms with Crippen LogP contribution in [0, 0.1) is 20.8 Å². The number of nitrogens with zero attached hydrogens (tertiary/aromatic N) is 3. The van der Waals surface area contributed by atoms with Crippen LogP contribution in [0.1, 0.15) is 33.6 Å². The Kier molecular flexibility index (Phi) is 7.18. The zero-order chi connectivity index (χ0) is 18.2. The van der Waals surface area contributed by atoms with Crippen LogP contribution in [0.15, 0.2) is 17.4 Å². The highest BCUT2D eigenvalue weighted by Gasteiger charge is 2.09. The van der Waals surface area contributed by atoms with Gasteiger partial charge in [-0.3, -0.25) is 4.98 Å². The summed E-state index contributed by atoms with van der Waals surface area (Å²) in [5.74, 6) is 1.67. The highest BCUT2D eigenvalue weighted by Crippen LogP contribution is 2.24. The largest absolute Gasteiger partial charge is 0.496 e. The van der Waals surface area contributed by atoms with Gasteiger partial charge in [-0.25, -0.2) is 9.98 Å². The maximum Gasteiger partial charge on any atom is 0.191 e. The summed E-state index contributed by atoms with van der Waals surface area (Å²) in [5, 5.41) is 7.76. The second-order valence-electron chi connectivity index (χ2n) is 5.78. The first kappa shape index (κ1) is 19.2. The average Bonchev–Trinajstić information content (AvgIpc) is 3.00. The van der Waals surface area contributed by atoms with Gasteiger partial charge in [0.15, 0.2) is 5.96 Å². The molecule has 0 radical (unpaired) electrons. The number of aromatic nitrogens is 2. The highest BCUT2D eigenvalue weighted by atomic mass is 32.1. The molecule has 0 saturated carbocycles. The number of methoxy groups -OCH3 is 1. The zero-order valence-electron chi connectivity index (χ0n) is 15.6. The van der Waals surface area contributed by atoms with Crippen LogP contribution in [0.4, 0.5) is 0 Å². The molecule has 6 nitrogen and oxygen atoms in total. The smallest absolute Gasteiger partial charge is 0.191 e. The van der Waals surface area contributed by atoms with Crippen LogP contribution in [0.5, 0.6) is 5.75 Å². The van der Waals surface area contributed by atoms with E-state index in [4.69, 9.17) is 4.74 Å². The van der Waals surface area contributed by atoms with Gasteiger partial charge in [-0.2, -0.15) is 0 Å². The Hall–Kier alpha value is -2.15. The fourth-order valence-electron chi connectivity index (χ4n) is 2.53. The van der Waals surface area contributed by atoms with Gasteiger partial charge in [-0.1, -0.05) is 0 Å². The maximum atomic E-state index is 5.46. The summed E-state index contributed by atoms with van der Waals surface area (Å²) in [6, 6.07) is 0. The second-order valence-corrected chi connectivity index (χ2v) is 7.10. The molecule has 0 saturated heterocycles. The third-order valence-corrected chi connectivity index (χ3v) is 4.75. The van der Waals surface area contributed by atoms with E-state index in [0.29, 0.717) is 6.54 Å². The maximum absolute atomic E-state index is 5.46. The van der Waals surface area contributed by atoms with Gasteiger partial charge in [-0.05, 0) is 27.7 Å². The number of nitrogens with one attached hydrogen (secondary N) is 2. The minimum Gasteiger partial charge on any atom is -0.496 e. The van der Waals surface area contributed by atoms with Crippen LogP contribution in [0.2, 0.25) is 0 Å². The average molecular weight is 362 g/mol. The van der Waals surface area contributed by atoms with Crippen LogP contribution >= 0.6 is 11.3 Å². The van der Waals surface area contributed by atoms with E-state index >= 15 is 0 Å². The molecule has 0 aliphatic heterocycles. The van der Waals surface area contributed by atoms with E-state index in [2.05, 4.69) is 39.4 Å². The van der Waals surface area contributed by atoms with Gasteiger partial charge in [0.25, 0.3) is 0 Å². The molecule has 0 bridgehead atoms. The molecule has 0 fully saturated rings. The monoisotopic (exact) mass is 361 g/mol. The molecule has 0 aliphatic rings. The van der Waals surface area contributed by atoms with E-state index in [1.54, 1.807) is 18.4 Å². The Bertz CT molecular complexity index is 726. The Morgan fingerprint density at radius 1 is 1.20 bits per heavy atom. The number of ether oxygens (including phenoxy) is 1. The number of rotatable bonds is 7. The first-order valence-corrected chi connectivity index (χ1v) is 9.29. The van der Waals surface area contributed by atoms with Gasteiger partial charge in [-0.15, -0.1) is 11.3 Å². The molecule has 0 amide bonds. The molecule has 0 atom stereocenters. The summed E-state index contributed by atoms with van der Waals surface area (Å²) >= 11 is 1.74. The fourth-order valence-corrected chi connectivity index (χ4v) is 3.32. The summed E-state index contributed by atoms with van der Waals surface area (Å²) in [6.45, 7) is 10.3. The lowest BCUT2D eigenvalue weighted by atomic mass is 10.1. The van der Waals surface area contributed by atoms with Crippen molar-refractivity contribution in [1.82, 2.24) is 20.6 Å². The molecule has 0 aromatic carbocycles. The topological polar surface area (TPSA) is 71.4 Å². The van der Waals surface area contributed by atoms with Crippen molar-refractivity contribution >= 4 is 17.3 Å². The molecule has 2 aromatic heterocycles. The van der Waals surface area contributed by atoms with Gasteiger partial charge in [0.1, 0.15) is 5.75 Å². The number of guanidine groups is 1. The van der Waals surface area contributed by atoms with Crippen LogP contribution in [0.25, 0.3) is 0 Å². The SMILES string of the molecule is CCNC(=NCc1ncc(C)c(OC)c1C)NCCc1ncc(C)s1. The lowest BCUT2D eigenvalue weighted by molar-refractivity contribution is 0.407. The van der Waals surface area contributed by atoms with Crippen molar-refractivity contribution in [2.45, 2.75) is 40.7 Å². The number of aliphatic imine (C=N–C) groups is 1. The number of aryl methyl sites for hydroxylation is 2. The van der Waals surface area contributed by atoms with Crippen LogP contribution < -0.4 is 15.4 Å². The first-order chi connectivity index (χ1) is 12.0. The Balaban J connectivity index is 1.99. The summed E-state index contributed by atoms with van der Waals surface area (Å²) < 4.78 is 5.46. The van der Waals surface area contributed by atoms with E-state index in [0.717, 1.165) is 53.0 Å². The molecular weight excluding hydrogens is 334 g/mol. The lowest BCUT2D eigenvalue weighted by Gasteiger charge is -2.13. The molecule has 0 unspecified atom stereocenters. The Morgan fingerprint density at radius 3 is 2.64 bits per heavy atom. The quantitative estimate of drug-likeness (QED) is 0.586. The Labute approximate surface area is 153 Å². The van der Waals surface area contributed by atoms with Crippen LogP contribution in [0.3, 0.4) is 0 Å². The minimum atomic E-state index is 0.508. The normalized spacial score (nSPS) is 11.5. The van der Waals surface area contributed by atoms with E-state index in [1.807, 2.05) is 26.2 Å². The summed E-state index contributed by atoms with van der Waals surface area (Å²) in [4.78, 5) is 14.8. The molecule has 0 spiro atoms. The number of hydrogen-bond donors (Lipinski definition) is 2. The van der Waals surface area contributed by atoms with Crippen molar-refractivity contribution in [1.29, 1.82) is 0 Å². The predicted molar refractivity (Wildman–Crippen MR) is 104 cm³/mol. The number of pyridine rings is 1. The molecule has 25 heavy (non-hydrogen) atoms. The van der Waals surface area contributed by atoms with Crippen molar-refractivity contribution in [3.63, 3.8) is 0 Å². The van der Waals surface area contributed by atoms with Crippen molar-refractivity contribution in [3.05, 3.63) is 39.1 Å². The van der Waals surface area contributed by atoms with Crippen molar-refractivity contribution in [2.75, 3.05) is 20.2 Å². The standard InChI is InChI=1S/C18H27N5OS/c1-6-19-18(20-8-7-16-22-10-13(3)25-16)23-11-15-14(4)17(24-5)12(2)9-21-15/h9-10H,6-8,11H2,1-5H3,(H2,19,20,23). The number of thiazole rings is 1. The zero-order valence-corrected chi connectivity index (χ0v) is 16.5. The third kappa shape index (κ3) is 5.42. The van der Waals surface area contributed by atoms with Crippen molar-refractivity contribution in [2.24, 2.45) is 4.99 Å². The molecular formula is C18H27N5OS. The first-order valence-electron chi connectivity index (χ1n) is 8.47. The lowest BCUT2D eigenvalue weighted by Crippen LogP contribution is -2.38. The van der Waals surface area contributed by atoms with E-state index in [-0.39, 0.29) is 0 Å². The summed E-state index contributed by atoms with van der Waals surface area (Å²) in [5.41, 5.74) is 3.01. The minimum absolute atomic E-state index is 0.508. The molecule has 136 valence electrons. The van der Waals surface area contributed by atoms with Crippen molar-refractivity contribution in [3.8, 4) is 5.75 Å². The summed E-state index contributed by atoms with van der Waals surface area (Å²) in [6.07, 6.45) is 4.64. The molecule has 2 N–H and O–H groups in total. The molecule has 0 aliphatic carbocycles. The third-order valence-electron chi connectivity index (χ3n) is 3.78. The van der Waals surface area contributed by atoms with Gasteiger partial charge in [0.05, 0.1) is 24.4 Å². The molecule has 2 aromatic rings. The number of hydrogen-bond acceptors (Lipinski definition) is 5. The highest BCUT2D eigenvalue weighted by molar-refractivity contribution is 7.11. The van der Waals surface area contributed by atoms with Crippen LogP contribution in [-0.2, 0) is 13.0 Å². The van der Waals surface area contributed by atoms with E-state index < -0.39 is 0 Å². The molecule has 2 heterocycles. The predicted octanol–water partition coefficient (Wildman–Crippen LogP) is 2.77. The van der Waals surface area contributed by atoms with E-state index in [9.17, 15) is 0 Å². The Morgan fingerprint density at radius 2 is 2.00 bits per heavy atom. The van der Waals surface area contributed by atoms with Gasteiger partial charge < -0.3 is 15.4 Å². The second kappa shape index (κ2) is 9.36. The fraction of sp³-hybridized carbons (Fsp3) is 0.500. The van der Waals surface area contributed by atoms with Gasteiger partial charge in [0, 0.05) is 47.9 Å². The van der Waals surface area contributed by atoms with Crippen molar-refractivity contribution < 1.29 is 4.74 Å².